The van der Waals surface area contributed by atoms with Crippen LogP contribution in [0.4, 0.5) is 4.79 Å². The van der Waals surface area contributed by atoms with Crippen LogP contribution in [0, 0.1) is 6.92 Å². The average molecular weight is 295 g/mol. The molecule has 2 N–H and O–H groups in total. The van der Waals surface area contributed by atoms with Gasteiger partial charge in [0.15, 0.2) is 6.34 Å². The second-order valence-corrected chi connectivity index (χ2v) is 6.26. The molecule has 8 heteroatoms. The molecule has 106 valence electrons. The number of carbonyl (C=O) groups is 1. The van der Waals surface area contributed by atoms with E-state index >= 15 is 0 Å². The molecule has 0 saturated carbocycles. The largest absolute Gasteiger partial charge is 0.462 e. The smallest absolute Gasteiger partial charge is 0.315 e. The average Bonchev–Trinajstić information content (AvgIpc) is 2.89. The van der Waals surface area contributed by atoms with Crippen molar-refractivity contribution in [2.45, 2.75) is 25.2 Å². The summed E-state index contributed by atoms with van der Waals surface area (Å²) in [7, 11) is -4.16. The summed E-state index contributed by atoms with van der Waals surface area (Å²) in [6.07, 6.45) is 2.44. The fourth-order valence-corrected chi connectivity index (χ4v) is 3.99. The van der Waals surface area contributed by atoms with Crippen LogP contribution in [0.25, 0.3) is 0 Å². The number of hydrogen-bond acceptors (Lipinski definition) is 5. The number of benzene rings is 1. The summed E-state index contributed by atoms with van der Waals surface area (Å²) in [5, 5.41) is 3.66. The Labute approximate surface area is 117 Å². The first-order valence-corrected chi connectivity index (χ1v) is 7.41. The number of nitrogens with zero attached hydrogens (tertiary/aromatic N) is 3. The highest BCUT2D eigenvalue weighted by atomic mass is 32.2. The summed E-state index contributed by atoms with van der Waals surface area (Å²) in [5.74, 6) is 0. The summed E-state index contributed by atoms with van der Waals surface area (Å²) in [6, 6.07) is 4.02. The Kier molecular flexibility index (Phi) is 3.45. The lowest BCUT2D eigenvalue weighted by Gasteiger charge is -2.21. The van der Waals surface area contributed by atoms with Gasteiger partial charge in [0.1, 0.15) is 4.90 Å². The van der Waals surface area contributed by atoms with E-state index in [2.05, 4.69) is 10.1 Å². The van der Waals surface area contributed by atoms with E-state index in [1.165, 1.54) is 0 Å². The van der Waals surface area contributed by atoms with Gasteiger partial charge in [-0.25, -0.2) is 4.79 Å². The number of primary amides is 1. The number of aryl methyl sites for hydroxylation is 2. The van der Waals surface area contributed by atoms with Gasteiger partial charge in [-0.15, -0.1) is 0 Å². The van der Waals surface area contributed by atoms with E-state index in [4.69, 9.17) is 5.73 Å². The maximum Gasteiger partial charge on any atom is 0.462 e. The first-order chi connectivity index (χ1) is 9.37. The van der Waals surface area contributed by atoms with Crippen LogP contribution in [-0.4, -0.2) is 31.1 Å². The Morgan fingerprint density at radius 3 is 2.60 bits per heavy atom. The van der Waals surface area contributed by atoms with Gasteiger partial charge in [-0.05, 0) is 29.6 Å². The number of carbonyl (C=O) groups excluding carboxylic acids is 1. The van der Waals surface area contributed by atoms with Crippen LogP contribution < -0.4 is 5.73 Å². The molecule has 1 aromatic rings. The molecule has 0 saturated heterocycles. The molecule has 0 aromatic heterocycles. The summed E-state index contributed by atoms with van der Waals surface area (Å²) >= 11 is 0. The van der Waals surface area contributed by atoms with Crippen LogP contribution in [0.2, 0.25) is 0 Å². The third-order valence-electron chi connectivity index (χ3n) is 3.13. The van der Waals surface area contributed by atoms with Crippen LogP contribution in [-0.2, 0) is 16.4 Å². The van der Waals surface area contributed by atoms with Gasteiger partial charge in [0.25, 0.3) is 0 Å². The highest BCUT2D eigenvalue weighted by Crippen LogP contribution is 2.30. The monoisotopic (exact) mass is 295 g/mol. The molecule has 7 nitrogen and oxygen atoms in total. The maximum absolute atomic E-state index is 12.9. The molecule has 1 atom stereocenters. The van der Waals surface area contributed by atoms with Gasteiger partial charge in [0, 0.05) is 4.00 Å². The van der Waals surface area contributed by atoms with Crippen molar-refractivity contribution >= 4 is 28.7 Å². The lowest BCUT2D eigenvalue weighted by atomic mass is 10.1. The quantitative estimate of drug-likeness (QED) is 0.845. The van der Waals surface area contributed by atoms with Crippen molar-refractivity contribution in [1.82, 2.24) is 0 Å². The number of urea groups is 1. The molecule has 0 aliphatic carbocycles. The molecule has 20 heavy (non-hydrogen) atoms. The SMILES string of the molecule is CCc1cccc(C)c1S(=O)(=O)[N+]1(C(N)=O)C=NC=N1. The molecule has 0 spiro atoms. The summed E-state index contributed by atoms with van der Waals surface area (Å²) in [6.45, 7) is 3.50. The number of rotatable bonds is 3. The van der Waals surface area contributed by atoms with Gasteiger partial charge >= 0.3 is 16.1 Å². The molecule has 0 fully saturated rings. The predicted molar refractivity (Wildman–Crippen MR) is 74.6 cm³/mol. The molecule has 1 aliphatic heterocycles. The van der Waals surface area contributed by atoms with Crippen molar-refractivity contribution in [2.75, 3.05) is 0 Å². The van der Waals surface area contributed by atoms with Crippen molar-refractivity contribution in [1.29, 1.82) is 0 Å². The van der Waals surface area contributed by atoms with Gasteiger partial charge in [-0.1, -0.05) is 25.1 Å². The van der Waals surface area contributed by atoms with E-state index in [0.29, 0.717) is 17.5 Å². The minimum absolute atomic E-state index is 0.0757. The lowest BCUT2D eigenvalue weighted by Crippen LogP contribution is -2.53. The van der Waals surface area contributed by atoms with Crippen LogP contribution in [0.1, 0.15) is 18.1 Å². The van der Waals surface area contributed by atoms with Crippen LogP contribution in [0.3, 0.4) is 0 Å². The number of amides is 2. The first-order valence-electron chi connectivity index (χ1n) is 5.97. The molecular weight excluding hydrogens is 280 g/mol. The van der Waals surface area contributed by atoms with E-state index in [1.54, 1.807) is 25.1 Å². The topological polar surface area (TPSA) is 102 Å². The van der Waals surface area contributed by atoms with Crippen molar-refractivity contribution in [3.05, 3.63) is 29.3 Å². The first kappa shape index (κ1) is 14.4. The fraction of sp³-hybridized carbons (Fsp3) is 0.250. The Bertz CT molecular complexity index is 710. The van der Waals surface area contributed by atoms with E-state index < -0.39 is 20.1 Å². The van der Waals surface area contributed by atoms with Gasteiger partial charge in [0.2, 0.25) is 6.34 Å². The highest BCUT2D eigenvalue weighted by Gasteiger charge is 2.52. The number of nitrogens with two attached hydrogens (primary N) is 1. The molecule has 0 bridgehead atoms. The minimum atomic E-state index is -4.16. The van der Waals surface area contributed by atoms with Gasteiger partial charge in [0.05, 0.1) is 0 Å². The van der Waals surface area contributed by atoms with Crippen LogP contribution >= 0.6 is 0 Å². The Hall–Kier alpha value is -2.06. The van der Waals surface area contributed by atoms with E-state index in [0.717, 1.165) is 12.7 Å². The van der Waals surface area contributed by atoms with Gasteiger partial charge in [-0.3, -0.25) is 0 Å². The normalized spacial score (nSPS) is 21.3. The number of aliphatic imine (C=N–C) groups is 1. The third kappa shape index (κ3) is 1.84. The number of quaternary nitrogens is 1. The van der Waals surface area contributed by atoms with Gasteiger partial charge in [-0.2, -0.15) is 13.4 Å². The van der Waals surface area contributed by atoms with E-state index in [-0.39, 0.29) is 4.90 Å². The molecule has 1 aliphatic rings. The zero-order valence-corrected chi connectivity index (χ0v) is 12.0. The molecule has 1 heterocycles. The highest BCUT2D eigenvalue weighted by molar-refractivity contribution is 7.86. The van der Waals surface area contributed by atoms with Crippen molar-refractivity contribution in [2.24, 2.45) is 15.8 Å². The lowest BCUT2D eigenvalue weighted by molar-refractivity contribution is -0.612. The Morgan fingerprint density at radius 2 is 2.10 bits per heavy atom. The number of hydrogen-bond donors (Lipinski definition) is 1. The minimum Gasteiger partial charge on any atom is -0.315 e. The predicted octanol–water partition coefficient (Wildman–Crippen LogP) is 1.13. The molecular formula is C12H15N4O3S+. The molecule has 0 radical (unpaired) electrons. The number of sulfonamides is 1. The van der Waals surface area contributed by atoms with Crippen LogP contribution in [0.5, 0.6) is 0 Å². The Morgan fingerprint density at radius 1 is 1.40 bits per heavy atom. The van der Waals surface area contributed by atoms with Crippen molar-refractivity contribution in [3.8, 4) is 0 Å². The second kappa shape index (κ2) is 4.80. The van der Waals surface area contributed by atoms with E-state index in [9.17, 15) is 13.2 Å². The zero-order valence-electron chi connectivity index (χ0n) is 11.1. The van der Waals surface area contributed by atoms with Crippen LogP contribution in [0.15, 0.2) is 33.2 Å². The second-order valence-electron chi connectivity index (χ2n) is 4.35. The molecule has 1 aromatic carbocycles. The summed E-state index contributed by atoms with van der Waals surface area (Å²) < 4.78 is 24.4. The van der Waals surface area contributed by atoms with Crippen molar-refractivity contribution in [3.63, 3.8) is 0 Å². The van der Waals surface area contributed by atoms with Gasteiger partial charge < -0.3 is 5.73 Å². The van der Waals surface area contributed by atoms with E-state index in [1.807, 2.05) is 6.92 Å². The summed E-state index contributed by atoms with van der Waals surface area (Å²) in [5.41, 5.74) is 6.40. The molecule has 1 unspecified atom stereocenters. The maximum atomic E-state index is 12.9. The van der Waals surface area contributed by atoms with Crippen molar-refractivity contribution < 1.29 is 17.2 Å². The molecule has 2 amide bonds. The standard InChI is InChI=1S/C12H14N4O3S/c1-3-10-6-4-5-9(2)11(10)20(18,19)16(12(13)17)8-14-7-15-16/h4-8H,3H2,1-2H3,(H-,13,17)/p+1. The zero-order chi connectivity index (χ0) is 15.0. The fourth-order valence-electron chi connectivity index (χ4n) is 2.11. The Balaban J connectivity index is 2.78. The summed E-state index contributed by atoms with van der Waals surface area (Å²) in [4.78, 5) is 15.4. The molecule has 2 rings (SSSR count). The third-order valence-corrected chi connectivity index (χ3v) is 5.33.